The molecule has 0 spiro atoms. The monoisotopic (exact) mass is 241 g/mol. The number of ether oxygens (including phenoxy) is 1. The maximum Gasteiger partial charge on any atom is 0.413 e. The first-order valence-corrected chi connectivity index (χ1v) is 5.62. The van der Waals surface area contributed by atoms with E-state index in [2.05, 4.69) is 16.1 Å². The third-order valence-electron chi connectivity index (χ3n) is 2.08. The van der Waals surface area contributed by atoms with E-state index in [-0.39, 0.29) is 19.1 Å². The van der Waals surface area contributed by atoms with Crippen molar-refractivity contribution in [1.29, 1.82) is 5.26 Å². The highest BCUT2D eigenvalue weighted by molar-refractivity contribution is 5.92. The van der Waals surface area contributed by atoms with Gasteiger partial charge in [0.2, 0.25) is 5.91 Å². The molecule has 0 saturated heterocycles. The zero-order valence-corrected chi connectivity index (χ0v) is 10.5. The Morgan fingerprint density at radius 3 is 2.59 bits per heavy atom. The summed E-state index contributed by atoms with van der Waals surface area (Å²) in [6.07, 6.45) is -0.734. The number of carbonyl (C=O) groups excluding carboxylic acids is 2. The Bertz CT molecular complexity index is 299. The normalized spacial score (nSPS) is 11.7. The zero-order valence-electron chi connectivity index (χ0n) is 10.5. The summed E-state index contributed by atoms with van der Waals surface area (Å²) >= 11 is 0. The fraction of sp³-hybridized carbons (Fsp3) is 0.727. The number of nitrogens with one attached hydrogen (secondary N) is 1. The first kappa shape index (κ1) is 15.4. The zero-order chi connectivity index (χ0) is 13.3. The van der Waals surface area contributed by atoms with Crippen LogP contribution >= 0.6 is 0 Å². The molecule has 0 aromatic rings. The van der Waals surface area contributed by atoms with E-state index in [0.717, 1.165) is 0 Å². The lowest BCUT2D eigenvalue weighted by Crippen LogP contribution is -2.41. The van der Waals surface area contributed by atoms with E-state index in [0.29, 0.717) is 13.1 Å². The van der Waals surface area contributed by atoms with Gasteiger partial charge >= 0.3 is 6.09 Å². The van der Waals surface area contributed by atoms with Gasteiger partial charge in [-0.25, -0.2) is 4.79 Å². The van der Waals surface area contributed by atoms with Crippen molar-refractivity contribution in [2.75, 3.05) is 26.2 Å². The van der Waals surface area contributed by atoms with E-state index in [4.69, 9.17) is 5.26 Å². The molecular weight excluding hydrogens is 222 g/mol. The number of amides is 2. The van der Waals surface area contributed by atoms with Crippen molar-refractivity contribution >= 4 is 12.0 Å². The van der Waals surface area contributed by atoms with Gasteiger partial charge in [0.05, 0.1) is 25.1 Å². The van der Waals surface area contributed by atoms with Crippen LogP contribution in [-0.4, -0.2) is 43.1 Å². The third-order valence-corrected chi connectivity index (χ3v) is 2.08. The molecule has 0 aliphatic rings. The summed E-state index contributed by atoms with van der Waals surface area (Å²) in [6.45, 7) is 6.79. The van der Waals surface area contributed by atoms with Crippen molar-refractivity contribution in [3.63, 3.8) is 0 Å². The van der Waals surface area contributed by atoms with Gasteiger partial charge in [-0.1, -0.05) is 6.92 Å². The molecule has 1 atom stereocenters. The number of carbonyl (C=O) groups is 2. The minimum atomic E-state index is -0.734. The maximum absolute atomic E-state index is 11.4. The molecular formula is C11H19N3O3. The molecule has 1 N–H and O–H groups in total. The molecule has 6 nitrogen and oxygen atoms in total. The van der Waals surface area contributed by atoms with Crippen molar-refractivity contribution in [3.8, 4) is 6.07 Å². The predicted molar refractivity (Wildman–Crippen MR) is 62.1 cm³/mol. The second-order valence-corrected chi connectivity index (χ2v) is 3.63. The summed E-state index contributed by atoms with van der Waals surface area (Å²) in [6, 6.07) is 2.10. The lowest BCUT2D eigenvalue weighted by molar-refractivity contribution is -0.121. The molecule has 0 aromatic carbocycles. The van der Waals surface area contributed by atoms with Gasteiger partial charge in [-0.05, 0) is 20.4 Å². The van der Waals surface area contributed by atoms with Gasteiger partial charge in [-0.3, -0.25) is 15.0 Å². The number of imide groups is 1. The molecule has 0 saturated carbocycles. The van der Waals surface area contributed by atoms with Gasteiger partial charge < -0.3 is 4.74 Å². The standard InChI is InChI=1S/C11H19N3O3/c1-4-14(7-9(3)6-12)8-10(15)13-11(16)17-5-2/h9H,4-5,7-8H2,1-3H3,(H,13,15,16)/t9-/m1/s1. The van der Waals surface area contributed by atoms with Crippen LogP contribution in [0.2, 0.25) is 0 Å². The van der Waals surface area contributed by atoms with Crippen LogP contribution in [0.1, 0.15) is 20.8 Å². The Labute approximate surface area is 102 Å². The van der Waals surface area contributed by atoms with Gasteiger partial charge in [-0.15, -0.1) is 0 Å². The largest absolute Gasteiger partial charge is 0.450 e. The summed E-state index contributed by atoms with van der Waals surface area (Å²) in [7, 11) is 0. The minimum Gasteiger partial charge on any atom is -0.450 e. The predicted octanol–water partition coefficient (Wildman–Crippen LogP) is 0.741. The van der Waals surface area contributed by atoms with Crippen molar-refractivity contribution in [1.82, 2.24) is 10.2 Å². The van der Waals surface area contributed by atoms with E-state index >= 15 is 0 Å². The van der Waals surface area contributed by atoms with Gasteiger partial charge in [0, 0.05) is 6.54 Å². The summed E-state index contributed by atoms with van der Waals surface area (Å²) in [5, 5.41) is 10.8. The van der Waals surface area contributed by atoms with Crippen LogP contribution in [0.3, 0.4) is 0 Å². The molecule has 96 valence electrons. The van der Waals surface area contributed by atoms with Crippen molar-refractivity contribution in [3.05, 3.63) is 0 Å². The fourth-order valence-electron chi connectivity index (χ4n) is 1.26. The van der Waals surface area contributed by atoms with Crippen LogP contribution in [0.15, 0.2) is 0 Å². The lowest BCUT2D eigenvalue weighted by Gasteiger charge is -2.20. The van der Waals surface area contributed by atoms with Gasteiger partial charge in [-0.2, -0.15) is 5.26 Å². The van der Waals surface area contributed by atoms with Crippen LogP contribution < -0.4 is 5.32 Å². The maximum atomic E-state index is 11.4. The van der Waals surface area contributed by atoms with E-state index in [1.165, 1.54) is 0 Å². The Hall–Kier alpha value is -1.61. The first-order valence-electron chi connectivity index (χ1n) is 5.62. The Kier molecular flexibility index (Phi) is 7.72. The molecule has 0 aliphatic carbocycles. The molecule has 0 radical (unpaired) electrons. The summed E-state index contributed by atoms with van der Waals surface area (Å²) < 4.78 is 4.59. The number of alkyl carbamates (subject to hydrolysis) is 1. The average Bonchev–Trinajstić information content (AvgIpc) is 2.27. The van der Waals surface area contributed by atoms with Crippen LogP contribution in [0.25, 0.3) is 0 Å². The molecule has 0 aromatic heterocycles. The van der Waals surface area contributed by atoms with Crippen LogP contribution in [0, 0.1) is 17.2 Å². The molecule has 0 aliphatic heterocycles. The summed E-state index contributed by atoms with van der Waals surface area (Å²) in [4.78, 5) is 24.2. The Morgan fingerprint density at radius 2 is 2.12 bits per heavy atom. The highest BCUT2D eigenvalue weighted by Crippen LogP contribution is 1.97. The highest BCUT2D eigenvalue weighted by Gasteiger charge is 2.14. The first-order chi connectivity index (χ1) is 8.03. The van der Waals surface area contributed by atoms with Crippen LogP contribution in [-0.2, 0) is 9.53 Å². The van der Waals surface area contributed by atoms with Crippen LogP contribution in [0.4, 0.5) is 4.79 Å². The summed E-state index contributed by atoms with van der Waals surface area (Å²) in [5.41, 5.74) is 0. The molecule has 2 amide bonds. The highest BCUT2D eigenvalue weighted by atomic mass is 16.5. The molecule has 0 heterocycles. The van der Waals surface area contributed by atoms with Gasteiger partial charge in [0.15, 0.2) is 0 Å². The number of nitriles is 1. The number of nitrogens with zero attached hydrogens (tertiary/aromatic N) is 2. The molecule has 6 heteroatoms. The quantitative estimate of drug-likeness (QED) is 0.741. The van der Waals surface area contributed by atoms with Crippen LogP contribution in [0.5, 0.6) is 0 Å². The molecule has 0 unspecified atom stereocenters. The van der Waals surface area contributed by atoms with Gasteiger partial charge in [0.25, 0.3) is 0 Å². The lowest BCUT2D eigenvalue weighted by atomic mass is 10.2. The van der Waals surface area contributed by atoms with E-state index < -0.39 is 12.0 Å². The number of likely N-dealkylation sites (N-methyl/N-ethyl adjacent to an activating group) is 1. The molecule has 17 heavy (non-hydrogen) atoms. The molecule has 0 fully saturated rings. The number of rotatable bonds is 6. The second kappa shape index (κ2) is 8.53. The number of hydrogen-bond acceptors (Lipinski definition) is 5. The molecule has 0 rings (SSSR count). The SMILES string of the molecule is CCOC(=O)NC(=O)CN(CC)C[C@H](C)C#N. The molecule has 0 bridgehead atoms. The van der Waals surface area contributed by atoms with E-state index in [9.17, 15) is 9.59 Å². The van der Waals surface area contributed by atoms with E-state index in [1.54, 1.807) is 18.7 Å². The summed E-state index contributed by atoms with van der Waals surface area (Å²) in [5.74, 6) is -0.569. The van der Waals surface area contributed by atoms with E-state index in [1.807, 2.05) is 6.92 Å². The smallest absolute Gasteiger partial charge is 0.413 e. The second-order valence-electron chi connectivity index (χ2n) is 3.63. The topological polar surface area (TPSA) is 82.4 Å². The third kappa shape index (κ3) is 7.30. The average molecular weight is 241 g/mol. The van der Waals surface area contributed by atoms with Crippen molar-refractivity contribution in [2.24, 2.45) is 5.92 Å². The Balaban J connectivity index is 4.07. The Morgan fingerprint density at radius 1 is 1.47 bits per heavy atom. The van der Waals surface area contributed by atoms with Crippen molar-refractivity contribution < 1.29 is 14.3 Å². The minimum absolute atomic E-state index is 0.0847. The number of hydrogen-bond donors (Lipinski definition) is 1. The van der Waals surface area contributed by atoms with Crippen molar-refractivity contribution in [2.45, 2.75) is 20.8 Å². The van der Waals surface area contributed by atoms with Gasteiger partial charge in [0.1, 0.15) is 0 Å². The fourth-order valence-corrected chi connectivity index (χ4v) is 1.26.